The van der Waals surface area contributed by atoms with Gasteiger partial charge in [-0.3, -0.25) is 14.9 Å². The van der Waals surface area contributed by atoms with Crippen molar-refractivity contribution in [2.45, 2.75) is 69.5 Å². The van der Waals surface area contributed by atoms with Crippen LogP contribution >= 0.6 is 0 Å². The largest absolute Gasteiger partial charge is 0.330 e. The van der Waals surface area contributed by atoms with E-state index in [-0.39, 0.29) is 11.7 Å². The first kappa shape index (κ1) is 31.1. The van der Waals surface area contributed by atoms with Crippen LogP contribution in [0, 0.1) is 0 Å². The van der Waals surface area contributed by atoms with E-state index in [1.165, 1.54) is 5.56 Å². The van der Waals surface area contributed by atoms with Crippen molar-refractivity contribution in [2.24, 2.45) is 11.5 Å². The van der Waals surface area contributed by atoms with Crippen molar-refractivity contribution in [3.05, 3.63) is 114 Å². The molecule has 0 bridgehead atoms. The van der Waals surface area contributed by atoms with Crippen LogP contribution in [0.3, 0.4) is 0 Å². The fourth-order valence-corrected chi connectivity index (χ4v) is 5.65. The van der Waals surface area contributed by atoms with E-state index < -0.39 is 17.6 Å². The second kappa shape index (κ2) is 15.4. The number of rotatable bonds is 16. The molecule has 0 fully saturated rings. The molecule has 0 aromatic heterocycles. The van der Waals surface area contributed by atoms with E-state index in [0.717, 1.165) is 34.9 Å². The van der Waals surface area contributed by atoms with Gasteiger partial charge in [-0.15, -0.1) is 0 Å². The molecule has 0 spiro atoms. The SMILES string of the molecule is C[C@H](NC(CCCc1ccccc1)(CCc1ccccc1)C(=O)[C@@H](N)CCCN)C(=O)Nc1ccc2ccccc2c1. The van der Waals surface area contributed by atoms with Crippen LogP contribution in [0.2, 0.25) is 0 Å². The second-order valence-corrected chi connectivity index (χ2v) is 11.2. The Morgan fingerprint density at radius 3 is 2.05 bits per heavy atom. The summed E-state index contributed by atoms with van der Waals surface area (Å²) in [6, 6.07) is 33.0. The van der Waals surface area contributed by atoms with Gasteiger partial charge in [-0.2, -0.15) is 0 Å². The van der Waals surface area contributed by atoms with Gasteiger partial charge in [-0.1, -0.05) is 91.0 Å². The Bertz CT molecular complexity index is 1430. The second-order valence-electron chi connectivity index (χ2n) is 11.2. The quantitative estimate of drug-likeness (QED) is 0.138. The van der Waals surface area contributed by atoms with Crippen LogP contribution in [0.15, 0.2) is 103 Å². The van der Waals surface area contributed by atoms with E-state index in [1.807, 2.05) is 85.8 Å². The number of hydrogen-bond donors (Lipinski definition) is 4. The lowest BCUT2D eigenvalue weighted by Gasteiger charge is -2.38. The molecule has 0 heterocycles. The highest BCUT2D eigenvalue weighted by atomic mass is 16.2. The van der Waals surface area contributed by atoms with Gasteiger partial charge in [0, 0.05) is 5.69 Å². The Balaban J connectivity index is 1.58. The number of carbonyl (C=O) groups is 2. The van der Waals surface area contributed by atoms with E-state index >= 15 is 0 Å². The Morgan fingerprint density at radius 2 is 1.38 bits per heavy atom. The monoisotopic (exact) mass is 564 g/mol. The summed E-state index contributed by atoms with van der Waals surface area (Å²) in [5, 5.41) is 8.74. The minimum absolute atomic E-state index is 0.0507. The topological polar surface area (TPSA) is 110 Å². The van der Waals surface area contributed by atoms with Crippen LogP contribution in [0.1, 0.15) is 50.2 Å². The molecule has 1 amide bonds. The van der Waals surface area contributed by atoms with E-state index in [4.69, 9.17) is 11.5 Å². The number of nitrogens with two attached hydrogens (primary N) is 2. The number of nitrogens with one attached hydrogen (secondary N) is 2. The van der Waals surface area contributed by atoms with Gasteiger partial charge in [0.2, 0.25) is 5.91 Å². The molecule has 0 aliphatic heterocycles. The third-order valence-corrected chi connectivity index (χ3v) is 8.03. The molecule has 0 saturated carbocycles. The Morgan fingerprint density at radius 1 is 0.762 bits per heavy atom. The van der Waals surface area contributed by atoms with E-state index in [2.05, 4.69) is 34.9 Å². The first-order valence-electron chi connectivity index (χ1n) is 15.1. The van der Waals surface area contributed by atoms with Crippen LogP contribution in [-0.4, -0.2) is 35.9 Å². The highest BCUT2D eigenvalue weighted by Gasteiger charge is 2.41. The van der Waals surface area contributed by atoms with Gasteiger partial charge in [0.05, 0.1) is 17.6 Å². The zero-order valence-corrected chi connectivity index (χ0v) is 24.6. The van der Waals surface area contributed by atoms with Gasteiger partial charge in [0.1, 0.15) is 0 Å². The van der Waals surface area contributed by atoms with Gasteiger partial charge in [-0.05, 0) is 92.4 Å². The van der Waals surface area contributed by atoms with E-state index in [0.29, 0.717) is 38.6 Å². The molecule has 42 heavy (non-hydrogen) atoms. The molecule has 6 nitrogen and oxygen atoms in total. The molecule has 3 atom stereocenters. The van der Waals surface area contributed by atoms with Crippen molar-refractivity contribution >= 4 is 28.2 Å². The first-order chi connectivity index (χ1) is 20.4. The van der Waals surface area contributed by atoms with Crippen LogP contribution in [0.4, 0.5) is 5.69 Å². The lowest BCUT2D eigenvalue weighted by molar-refractivity contribution is -0.129. The zero-order valence-electron chi connectivity index (χ0n) is 24.6. The van der Waals surface area contributed by atoms with Crippen molar-refractivity contribution < 1.29 is 9.59 Å². The normalized spacial score (nSPS) is 14.2. The standard InChI is InChI=1S/C36H44N4O2/c1-27(35(42)39-32-21-20-30-17-8-9-18-31(30)26-32)40-36(34(41)33(38)19-11-25-37,24-22-29-14-6-3-7-15-29)23-10-16-28-12-4-2-5-13-28/h2-9,12-15,17-18,20-21,26-27,33,40H,10-11,16,19,22-25,37-38H2,1H3,(H,39,42)/t27-,33-,36?/m0/s1. The molecule has 4 rings (SSSR count). The third kappa shape index (κ3) is 8.58. The van der Waals surface area contributed by atoms with Crippen LogP contribution in [0.25, 0.3) is 10.8 Å². The number of fused-ring (bicyclic) bond motifs is 1. The number of Topliss-reactive ketones (excluding diaryl/α,β-unsaturated/α-hetero) is 1. The number of benzene rings is 4. The summed E-state index contributed by atoms with van der Waals surface area (Å²) in [6.45, 7) is 2.30. The van der Waals surface area contributed by atoms with Crippen LogP contribution in [0.5, 0.6) is 0 Å². The van der Waals surface area contributed by atoms with Crippen LogP contribution < -0.4 is 22.1 Å². The number of carbonyl (C=O) groups excluding carboxylic acids is 2. The third-order valence-electron chi connectivity index (χ3n) is 8.03. The summed E-state index contributed by atoms with van der Waals surface area (Å²) in [5.41, 5.74) is 14.4. The van der Waals surface area contributed by atoms with E-state index in [1.54, 1.807) is 0 Å². The van der Waals surface area contributed by atoms with Gasteiger partial charge >= 0.3 is 0 Å². The average molecular weight is 565 g/mol. The predicted octanol–water partition coefficient (Wildman–Crippen LogP) is 5.79. The summed E-state index contributed by atoms with van der Waals surface area (Å²) in [7, 11) is 0. The van der Waals surface area contributed by atoms with Crippen molar-refractivity contribution in [2.75, 3.05) is 11.9 Å². The number of ketones is 1. The number of amides is 1. The Hall–Kier alpha value is -3.84. The summed E-state index contributed by atoms with van der Waals surface area (Å²) in [6.07, 6.45) is 4.59. The molecule has 6 heteroatoms. The maximum Gasteiger partial charge on any atom is 0.241 e. The van der Waals surface area contributed by atoms with Crippen molar-refractivity contribution in [3.63, 3.8) is 0 Å². The molecule has 0 aliphatic carbocycles. The summed E-state index contributed by atoms with van der Waals surface area (Å²) >= 11 is 0. The summed E-state index contributed by atoms with van der Waals surface area (Å²) in [5.74, 6) is -0.244. The Labute approximate surface area is 249 Å². The molecule has 1 unspecified atom stereocenters. The molecular weight excluding hydrogens is 520 g/mol. The lowest BCUT2D eigenvalue weighted by Crippen LogP contribution is -2.62. The minimum atomic E-state index is -0.973. The molecule has 0 radical (unpaired) electrons. The van der Waals surface area contributed by atoms with Crippen molar-refractivity contribution in [1.29, 1.82) is 0 Å². The van der Waals surface area contributed by atoms with Crippen molar-refractivity contribution in [1.82, 2.24) is 5.32 Å². The zero-order chi connectivity index (χ0) is 29.8. The fraction of sp³-hybridized carbons (Fsp3) is 0.333. The number of aryl methyl sites for hydroxylation is 2. The molecule has 220 valence electrons. The summed E-state index contributed by atoms with van der Waals surface area (Å²) in [4.78, 5) is 27.8. The van der Waals surface area contributed by atoms with Crippen LogP contribution in [-0.2, 0) is 22.4 Å². The first-order valence-corrected chi connectivity index (χ1v) is 15.1. The predicted molar refractivity (Wildman–Crippen MR) is 173 cm³/mol. The Kier molecular flexibility index (Phi) is 11.4. The van der Waals surface area contributed by atoms with Gasteiger partial charge in [0.25, 0.3) is 0 Å². The molecular formula is C36H44N4O2. The van der Waals surface area contributed by atoms with Crippen molar-refractivity contribution in [3.8, 4) is 0 Å². The molecule has 6 N–H and O–H groups in total. The van der Waals surface area contributed by atoms with Gasteiger partial charge in [-0.25, -0.2) is 0 Å². The number of anilines is 1. The molecule has 0 aliphatic rings. The molecule has 0 saturated heterocycles. The highest BCUT2D eigenvalue weighted by Crippen LogP contribution is 2.27. The highest BCUT2D eigenvalue weighted by molar-refractivity contribution is 5.98. The average Bonchev–Trinajstić information content (AvgIpc) is 3.03. The van der Waals surface area contributed by atoms with E-state index in [9.17, 15) is 9.59 Å². The van der Waals surface area contributed by atoms with Gasteiger partial charge < -0.3 is 16.8 Å². The summed E-state index contributed by atoms with van der Waals surface area (Å²) < 4.78 is 0. The lowest BCUT2D eigenvalue weighted by atomic mass is 9.78. The maximum atomic E-state index is 14.2. The van der Waals surface area contributed by atoms with Gasteiger partial charge in [0.15, 0.2) is 5.78 Å². The minimum Gasteiger partial charge on any atom is -0.330 e. The molecule has 4 aromatic rings. The molecule has 4 aromatic carbocycles. The smallest absolute Gasteiger partial charge is 0.241 e. The fourth-order valence-electron chi connectivity index (χ4n) is 5.65. The maximum absolute atomic E-state index is 14.2. The number of hydrogen-bond acceptors (Lipinski definition) is 5.